The molecule has 8 heteroatoms. The van der Waals surface area contributed by atoms with E-state index < -0.39 is 7.26 Å². The van der Waals surface area contributed by atoms with E-state index >= 15 is 0 Å². The van der Waals surface area contributed by atoms with Gasteiger partial charge in [-0.3, -0.25) is 0 Å². The molecule has 7 rings (SSSR count). The standard InChI is InChI=1S/C41H33Cl4O3P/c42-29-11-9-27(10-12-29)26-5-7-28(8-6-26)38-39(46)36-3-1-2-4-37(36)40(47)41(38)48-25-49(33-19-13-30(43)14-20-33,34-21-15-31(44)16-22-34)35-23-17-32(45)18-24-35/h1-4,9-24,26,28,49H,5-8,25H2/t26-,28-. The number of rotatable bonds is 8. The molecule has 0 unspecified atom stereocenters. The summed E-state index contributed by atoms with van der Waals surface area (Å²) in [5.41, 5.74) is 2.54. The van der Waals surface area contributed by atoms with Crippen molar-refractivity contribution in [2.24, 2.45) is 5.92 Å². The molecule has 0 aromatic heterocycles. The van der Waals surface area contributed by atoms with E-state index in [4.69, 9.17) is 51.1 Å². The number of hydrogen-bond donors (Lipinski definition) is 0. The van der Waals surface area contributed by atoms with Crippen molar-refractivity contribution >= 4 is 81.1 Å². The molecule has 0 N–H and O–H groups in total. The van der Waals surface area contributed by atoms with Crippen LogP contribution in [0.2, 0.25) is 20.1 Å². The first-order chi connectivity index (χ1) is 23.7. The van der Waals surface area contributed by atoms with Gasteiger partial charge in [-0.05, 0) is 0 Å². The number of benzene rings is 5. The zero-order valence-electron chi connectivity index (χ0n) is 26.5. The minimum absolute atomic E-state index is 0.110. The van der Waals surface area contributed by atoms with Crippen LogP contribution in [0.3, 0.4) is 0 Å². The van der Waals surface area contributed by atoms with Crippen molar-refractivity contribution in [2.75, 3.05) is 6.35 Å². The van der Waals surface area contributed by atoms with Gasteiger partial charge in [-0.1, -0.05) is 11.6 Å². The molecule has 2 aliphatic rings. The van der Waals surface area contributed by atoms with Crippen LogP contribution in [0.25, 0.3) is 0 Å². The molecular weight excluding hydrogens is 713 g/mol. The average molecular weight is 746 g/mol. The molecule has 0 heterocycles. The second-order valence-electron chi connectivity index (χ2n) is 12.8. The van der Waals surface area contributed by atoms with Crippen LogP contribution in [-0.4, -0.2) is 17.9 Å². The number of ketones is 2. The van der Waals surface area contributed by atoms with Crippen LogP contribution < -0.4 is 15.9 Å². The first-order valence-electron chi connectivity index (χ1n) is 16.3. The molecule has 5 aromatic carbocycles. The summed E-state index contributed by atoms with van der Waals surface area (Å²) in [7, 11) is -3.07. The molecule has 0 amide bonds. The van der Waals surface area contributed by atoms with Crippen LogP contribution in [-0.2, 0) is 4.74 Å². The normalized spacial score (nSPS) is 18.3. The maximum absolute atomic E-state index is 14.4. The van der Waals surface area contributed by atoms with Crippen molar-refractivity contribution in [1.82, 2.24) is 0 Å². The first kappa shape index (κ1) is 34.0. The van der Waals surface area contributed by atoms with E-state index in [1.807, 2.05) is 91.0 Å². The van der Waals surface area contributed by atoms with Gasteiger partial charge in [0.25, 0.3) is 0 Å². The molecule has 0 saturated heterocycles. The Balaban J connectivity index is 1.33. The fraction of sp³-hybridized carbons (Fsp3) is 0.171. The number of hydrogen-bond acceptors (Lipinski definition) is 3. The van der Waals surface area contributed by atoms with E-state index in [0.717, 1.165) is 41.6 Å². The summed E-state index contributed by atoms with van der Waals surface area (Å²) in [6.45, 7) is 0. The van der Waals surface area contributed by atoms with Crippen LogP contribution in [0.15, 0.2) is 133 Å². The van der Waals surface area contributed by atoms with Crippen LogP contribution >= 0.6 is 53.7 Å². The summed E-state index contributed by atoms with van der Waals surface area (Å²) in [5, 5.41) is 5.65. The van der Waals surface area contributed by atoms with E-state index in [1.54, 1.807) is 18.2 Å². The summed E-state index contributed by atoms with van der Waals surface area (Å²) in [6.07, 6.45) is 3.49. The van der Waals surface area contributed by atoms with Crippen molar-refractivity contribution in [3.63, 3.8) is 0 Å². The topological polar surface area (TPSA) is 43.4 Å². The third-order valence-electron chi connectivity index (χ3n) is 10.0. The summed E-state index contributed by atoms with van der Waals surface area (Å²) < 4.78 is 6.89. The van der Waals surface area contributed by atoms with Crippen LogP contribution in [0.5, 0.6) is 0 Å². The van der Waals surface area contributed by atoms with Crippen LogP contribution in [0, 0.1) is 5.92 Å². The number of fused-ring (bicyclic) bond motifs is 1. The first-order valence-corrected chi connectivity index (χ1v) is 20.1. The number of carbonyl (C=O) groups is 2. The Morgan fingerprint density at radius 3 is 1.35 bits per heavy atom. The van der Waals surface area contributed by atoms with Crippen molar-refractivity contribution in [3.8, 4) is 0 Å². The molecular formula is C41H33Cl4O3P. The molecule has 1 saturated carbocycles. The van der Waals surface area contributed by atoms with Gasteiger partial charge in [0, 0.05) is 0 Å². The monoisotopic (exact) mass is 744 g/mol. The van der Waals surface area contributed by atoms with Gasteiger partial charge in [0.05, 0.1) is 0 Å². The van der Waals surface area contributed by atoms with E-state index in [2.05, 4.69) is 12.1 Å². The van der Waals surface area contributed by atoms with Gasteiger partial charge in [-0.15, -0.1) is 0 Å². The Morgan fingerprint density at radius 1 is 0.510 bits per heavy atom. The Kier molecular flexibility index (Phi) is 10.0. The molecule has 0 atom stereocenters. The van der Waals surface area contributed by atoms with Gasteiger partial charge >= 0.3 is 297 Å². The molecule has 0 spiro atoms. The van der Waals surface area contributed by atoms with Crippen molar-refractivity contribution in [2.45, 2.75) is 31.6 Å². The number of ether oxygens (including phenoxy) is 1. The average Bonchev–Trinajstić information content (AvgIpc) is 3.13. The molecule has 49 heavy (non-hydrogen) atoms. The summed E-state index contributed by atoms with van der Waals surface area (Å²) >= 11 is 25.3. The molecule has 5 aromatic rings. The van der Waals surface area contributed by atoms with Crippen molar-refractivity contribution < 1.29 is 14.3 Å². The Hall–Kier alpha value is -3.43. The van der Waals surface area contributed by atoms with Crippen molar-refractivity contribution in [3.05, 3.63) is 169 Å². The zero-order valence-corrected chi connectivity index (χ0v) is 30.5. The fourth-order valence-corrected chi connectivity index (χ4v) is 12.0. The fourth-order valence-electron chi connectivity index (χ4n) is 7.47. The molecule has 2 aliphatic carbocycles. The summed E-state index contributed by atoms with van der Waals surface area (Å²) in [4.78, 5) is 28.8. The third-order valence-corrected chi connectivity index (χ3v) is 15.6. The van der Waals surface area contributed by atoms with Gasteiger partial charge < -0.3 is 0 Å². The Labute approximate surface area is 307 Å². The minimum atomic E-state index is -3.07. The number of allylic oxidation sites excluding steroid dienone is 2. The molecule has 0 radical (unpaired) electrons. The number of halogens is 4. The molecule has 0 aliphatic heterocycles. The maximum atomic E-state index is 14.4. The second kappa shape index (κ2) is 14.4. The quantitative estimate of drug-likeness (QED) is 0.149. The van der Waals surface area contributed by atoms with Crippen LogP contribution in [0.4, 0.5) is 0 Å². The summed E-state index contributed by atoms with van der Waals surface area (Å²) in [5.74, 6) is 0.0292. The van der Waals surface area contributed by atoms with Crippen molar-refractivity contribution in [1.29, 1.82) is 0 Å². The molecule has 248 valence electrons. The van der Waals surface area contributed by atoms with Gasteiger partial charge in [0.1, 0.15) is 0 Å². The van der Waals surface area contributed by atoms with E-state index in [0.29, 0.717) is 42.7 Å². The second-order valence-corrected chi connectivity index (χ2v) is 18.3. The number of carbonyl (C=O) groups excluding carboxylic acids is 2. The molecule has 0 bridgehead atoms. The Morgan fingerprint density at radius 2 is 0.898 bits per heavy atom. The predicted molar refractivity (Wildman–Crippen MR) is 206 cm³/mol. The van der Waals surface area contributed by atoms with Gasteiger partial charge in [0.15, 0.2) is 0 Å². The zero-order chi connectivity index (χ0) is 34.1. The van der Waals surface area contributed by atoms with E-state index in [9.17, 15) is 9.59 Å². The van der Waals surface area contributed by atoms with Gasteiger partial charge in [0.2, 0.25) is 0 Å². The van der Waals surface area contributed by atoms with E-state index in [-0.39, 0.29) is 29.6 Å². The van der Waals surface area contributed by atoms with E-state index in [1.165, 1.54) is 5.56 Å². The predicted octanol–water partition coefficient (Wildman–Crippen LogP) is 10.6. The summed E-state index contributed by atoms with van der Waals surface area (Å²) in [6, 6.07) is 38.5. The Bertz CT molecular complexity index is 1920. The molecule has 1 fully saturated rings. The third kappa shape index (κ3) is 6.73. The van der Waals surface area contributed by atoms with Crippen LogP contribution in [0.1, 0.15) is 57.9 Å². The molecule has 3 nitrogen and oxygen atoms in total. The van der Waals surface area contributed by atoms with Gasteiger partial charge in [-0.2, -0.15) is 0 Å². The number of Topliss-reactive ketones (excluding diaryl/α,β-unsaturated/α-hetero) is 2. The SMILES string of the molecule is O=C1C(OC[PH](c2ccc(Cl)cc2)(c2ccc(Cl)cc2)c2ccc(Cl)cc2)=C([C@H]2CC[C@H](c3ccc(Cl)cc3)CC2)C(=O)c2ccccc21. The van der Waals surface area contributed by atoms with Gasteiger partial charge in [-0.25, -0.2) is 0 Å².